The predicted molar refractivity (Wildman–Crippen MR) is 101 cm³/mol. The molecule has 3 aliphatic rings. The Morgan fingerprint density at radius 2 is 1.75 bits per heavy atom. The van der Waals surface area contributed by atoms with E-state index < -0.39 is 35.6 Å². The summed E-state index contributed by atoms with van der Waals surface area (Å²) >= 11 is 5.92. The molecule has 4 atom stereocenters. The van der Waals surface area contributed by atoms with Crippen LogP contribution in [0.1, 0.15) is 15.9 Å². The lowest BCUT2D eigenvalue weighted by Gasteiger charge is -2.35. The normalized spacial score (nSPS) is 27.3. The first-order valence-electron chi connectivity index (χ1n) is 8.86. The molecule has 28 heavy (non-hydrogen) atoms. The Bertz CT molecular complexity index is 1070. The number of benzene rings is 2. The van der Waals surface area contributed by atoms with Crippen molar-refractivity contribution < 1.29 is 18.8 Å². The molecule has 3 aliphatic heterocycles. The number of hydrogen-bond donors (Lipinski definition) is 1. The highest BCUT2D eigenvalue weighted by Crippen LogP contribution is 2.47. The second kappa shape index (κ2) is 6.01. The van der Waals surface area contributed by atoms with Crippen molar-refractivity contribution in [3.63, 3.8) is 0 Å². The number of hydrogen-bond acceptors (Lipinski definition) is 4. The van der Waals surface area contributed by atoms with Crippen LogP contribution in [0.5, 0.6) is 0 Å². The standard InChI is InChI=1S/C21H14ClFN2O3/c22-12-4-1-10(2-5-12)19(26)18-17-16(20(27)24-21(17)28)15-7-3-11-9-13(23)6-8-14(11)25(15)18/h1-9,15-18H,(H,24,27,28)/t15-,16-,17+,18-/m1/s1. The van der Waals surface area contributed by atoms with E-state index in [1.807, 2.05) is 0 Å². The zero-order valence-corrected chi connectivity index (χ0v) is 15.2. The largest absolute Gasteiger partial charge is 0.352 e. The van der Waals surface area contributed by atoms with Gasteiger partial charge in [0.25, 0.3) is 0 Å². The van der Waals surface area contributed by atoms with Crippen molar-refractivity contribution in [3.8, 4) is 0 Å². The summed E-state index contributed by atoms with van der Waals surface area (Å²) in [6, 6.07) is 9.40. The topological polar surface area (TPSA) is 66.5 Å². The second-order valence-corrected chi connectivity index (χ2v) is 7.62. The van der Waals surface area contributed by atoms with Crippen molar-refractivity contribution >= 4 is 41.0 Å². The van der Waals surface area contributed by atoms with Gasteiger partial charge < -0.3 is 4.90 Å². The molecular weight excluding hydrogens is 383 g/mol. The van der Waals surface area contributed by atoms with Crippen LogP contribution in [0, 0.1) is 17.7 Å². The Kier molecular flexibility index (Phi) is 3.67. The minimum absolute atomic E-state index is 0.274. The molecule has 0 aromatic heterocycles. The number of nitrogens with zero attached hydrogens (tertiary/aromatic N) is 1. The van der Waals surface area contributed by atoms with Crippen LogP contribution in [-0.2, 0) is 9.59 Å². The molecule has 0 radical (unpaired) electrons. The maximum absolute atomic E-state index is 13.7. The number of imide groups is 1. The van der Waals surface area contributed by atoms with Crippen LogP contribution in [0.15, 0.2) is 48.5 Å². The number of fused-ring (bicyclic) bond motifs is 5. The van der Waals surface area contributed by atoms with Crippen LogP contribution in [0.4, 0.5) is 10.1 Å². The van der Waals surface area contributed by atoms with E-state index in [0.717, 1.165) is 0 Å². The fourth-order valence-electron chi connectivity index (χ4n) is 4.55. The third-order valence-electron chi connectivity index (χ3n) is 5.71. The fraction of sp³-hybridized carbons (Fsp3) is 0.190. The van der Waals surface area contributed by atoms with Crippen molar-refractivity contribution in [2.45, 2.75) is 12.1 Å². The SMILES string of the molecule is O=C1NC(=O)[C@H]2[C@H]1[C@H]1C=Cc3cc(F)ccc3N1[C@H]2C(=O)c1ccc(Cl)cc1. The molecule has 0 saturated carbocycles. The molecule has 5 rings (SSSR count). The van der Waals surface area contributed by atoms with E-state index in [1.54, 1.807) is 47.4 Å². The molecule has 0 bridgehead atoms. The van der Waals surface area contributed by atoms with Gasteiger partial charge in [-0.3, -0.25) is 19.7 Å². The molecule has 2 aromatic carbocycles. The summed E-state index contributed by atoms with van der Waals surface area (Å²) in [5.74, 6) is -2.97. The van der Waals surface area contributed by atoms with E-state index in [1.165, 1.54) is 12.1 Å². The number of nitrogens with one attached hydrogen (secondary N) is 1. The summed E-state index contributed by atoms with van der Waals surface area (Å²) < 4.78 is 13.7. The Balaban J connectivity index is 1.66. The average Bonchev–Trinajstić information content (AvgIpc) is 3.17. The van der Waals surface area contributed by atoms with Gasteiger partial charge in [0.15, 0.2) is 5.78 Å². The number of rotatable bonds is 2. The van der Waals surface area contributed by atoms with Crippen LogP contribution >= 0.6 is 11.6 Å². The van der Waals surface area contributed by atoms with Gasteiger partial charge in [-0.2, -0.15) is 0 Å². The lowest BCUT2D eigenvalue weighted by atomic mass is 9.86. The molecule has 2 aromatic rings. The highest BCUT2D eigenvalue weighted by atomic mass is 35.5. The quantitative estimate of drug-likeness (QED) is 0.626. The highest BCUT2D eigenvalue weighted by Gasteiger charge is 2.61. The summed E-state index contributed by atoms with van der Waals surface area (Å²) in [4.78, 5) is 40.2. The zero-order valence-electron chi connectivity index (χ0n) is 14.4. The van der Waals surface area contributed by atoms with Gasteiger partial charge >= 0.3 is 0 Å². The second-order valence-electron chi connectivity index (χ2n) is 7.18. The van der Waals surface area contributed by atoms with Gasteiger partial charge in [-0.15, -0.1) is 0 Å². The lowest BCUT2D eigenvalue weighted by Crippen LogP contribution is -2.47. The van der Waals surface area contributed by atoms with Gasteiger partial charge in [-0.1, -0.05) is 23.8 Å². The molecule has 3 heterocycles. The van der Waals surface area contributed by atoms with E-state index in [-0.39, 0.29) is 11.7 Å². The van der Waals surface area contributed by atoms with Crippen LogP contribution < -0.4 is 10.2 Å². The molecule has 2 fully saturated rings. The first kappa shape index (κ1) is 17.1. The van der Waals surface area contributed by atoms with Gasteiger partial charge in [0.05, 0.1) is 17.9 Å². The third kappa shape index (κ3) is 2.34. The number of Topliss-reactive ketones (excluding diaryl/α,β-unsaturated/α-hetero) is 1. The lowest BCUT2D eigenvalue weighted by molar-refractivity contribution is -0.126. The van der Waals surface area contributed by atoms with Crippen LogP contribution in [0.3, 0.4) is 0 Å². The number of ketones is 1. The van der Waals surface area contributed by atoms with Crippen molar-refractivity contribution in [2.24, 2.45) is 11.8 Å². The maximum Gasteiger partial charge on any atom is 0.233 e. The molecule has 2 saturated heterocycles. The van der Waals surface area contributed by atoms with Gasteiger partial charge in [0, 0.05) is 21.8 Å². The van der Waals surface area contributed by atoms with E-state index in [4.69, 9.17) is 11.6 Å². The summed E-state index contributed by atoms with van der Waals surface area (Å²) in [5.41, 5.74) is 1.65. The first-order valence-corrected chi connectivity index (χ1v) is 9.24. The number of carbonyl (C=O) groups excluding carboxylic acids is 3. The van der Waals surface area contributed by atoms with Gasteiger partial charge in [0.2, 0.25) is 11.8 Å². The smallest absolute Gasteiger partial charge is 0.233 e. The molecule has 140 valence electrons. The summed E-state index contributed by atoms with van der Waals surface area (Å²) in [5, 5.41) is 2.85. The Morgan fingerprint density at radius 1 is 1.04 bits per heavy atom. The molecule has 2 amide bonds. The summed E-state index contributed by atoms with van der Waals surface area (Å²) in [7, 11) is 0. The van der Waals surface area contributed by atoms with E-state index in [2.05, 4.69) is 5.32 Å². The number of anilines is 1. The summed E-state index contributed by atoms with van der Waals surface area (Å²) in [6.07, 6.45) is 3.51. The average molecular weight is 397 g/mol. The Labute approximate surface area is 164 Å². The van der Waals surface area contributed by atoms with Crippen LogP contribution in [0.2, 0.25) is 5.02 Å². The van der Waals surface area contributed by atoms with Gasteiger partial charge in [-0.05, 0) is 42.5 Å². The highest BCUT2D eigenvalue weighted by molar-refractivity contribution is 6.30. The molecular formula is C21H14ClFN2O3. The molecule has 1 N–H and O–H groups in total. The van der Waals surface area contributed by atoms with Gasteiger partial charge in [0.1, 0.15) is 11.9 Å². The third-order valence-corrected chi connectivity index (χ3v) is 5.96. The molecule has 0 aliphatic carbocycles. The number of carbonyl (C=O) groups is 3. The minimum Gasteiger partial charge on any atom is -0.352 e. The van der Waals surface area contributed by atoms with Gasteiger partial charge in [-0.25, -0.2) is 4.39 Å². The number of amides is 2. The predicted octanol–water partition coefficient (Wildman–Crippen LogP) is 2.83. The first-order chi connectivity index (χ1) is 13.5. The van der Waals surface area contributed by atoms with Crippen LogP contribution in [-0.4, -0.2) is 29.7 Å². The van der Waals surface area contributed by atoms with E-state index in [0.29, 0.717) is 21.8 Å². The Morgan fingerprint density at radius 3 is 2.50 bits per heavy atom. The van der Waals surface area contributed by atoms with Crippen molar-refractivity contribution in [2.75, 3.05) is 4.90 Å². The molecule has 7 heteroatoms. The molecule has 5 nitrogen and oxygen atoms in total. The van der Waals surface area contributed by atoms with Crippen molar-refractivity contribution in [3.05, 3.63) is 70.5 Å². The van der Waals surface area contributed by atoms with Crippen LogP contribution in [0.25, 0.3) is 6.08 Å². The Hall–Kier alpha value is -2.99. The zero-order chi connectivity index (χ0) is 19.6. The monoisotopic (exact) mass is 396 g/mol. The van der Waals surface area contributed by atoms with Crippen molar-refractivity contribution in [1.82, 2.24) is 5.32 Å². The number of halogens is 2. The van der Waals surface area contributed by atoms with E-state index in [9.17, 15) is 18.8 Å². The van der Waals surface area contributed by atoms with E-state index >= 15 is 0 Å². The molecule has 0 spiro atoms. The van der Waals surface area contributed by atoms with Crippen molar-refractivity contribution in [1.29, 1.82) is 0 Å². The minimum atomic E-state index is -0.864. The fourth-order valence-corrected chi connectivity index (χ4v) is 4.67. The molecule has 0 unspecified atom stereocenters. The maximum atomic E-state index is 13.7. The summed E-state index contributed by atoms with van der Waals surface area (Å²) in [6.45, 7) is 0.